The average Bonchev–Trinajstić information content (AvgIpc) is 2.56. The van der Waals surface area contributed by atoms with Crippen molar-refractivity contribution < 1.29 is 9.84 Å². The minimum atomic E-state index is -0.521. The fraction of sp³-hybridized carbons (Fsp3) is 0.368. The summed E-state index contributed by atoms with van der Waals surface area (Å²) in [5.41, 5.74) is 3.19. The second-order valence-corrected chi connectivity index (χ2v) is 5.47. The van der Waals surface area contributed by atoms with Gasteiger partial charge in [-0.05, 0) is 44.5 Å². The molecule has 2 aromatic carbocycles. The van der Waals surface area contributed by atoms with Gasteiger partial charge in [-0.2, -0.15) is 0 Å². The Labute approximate surface area is 133 Å². The van der Waals surface area contributed by atoms with Crippen molar-refractivity contribution in [1.82, 2.24) is 0 Å². The third-order valence-electron chi connectivity index (χ3n) is 3.92. The van der Waals surface area contributed by atoms with Gasteiger partial charge in [0.1, 0.15) is 5.75 Å². The SMILES string of the molecule is CCN(CCC(O)c1cc(C)ccc1OC)c1ccccc1. The Kier molecular flexibility index (Phi) is 5.84. The first-order valence-corrected chi connectivity index (χ1v) is 7.78. The predicted octanol–water partition coefficient (Wildman–Crippen LogP) is 3.95. The number of ether oxygens (including phenoxy) is 1. The minimum absolute atomic E-state index is 0.521. The summed E-state index contributed by atoms with van der Waals surface area (Å²) >= 11 is 0. The van der Waals surface area contributed by atoms with Crippen molar-refractivity contribution in [2.24, 2.45) is 0 Å². The van der Waals surface area contributed by atoms with Crippen LogP contribution in [0.2, 0.25) is 0 Å². The maximum Gasteiger partial charge on any atom is 0.124 e. The van der Waals surface area contributed by atoms with Gasteiger partial charge in [0.05, 0.1) is 13.2 Å². The Balaban J connectivity index is 2.06. The Morgan fingerprint density at radius 3 is 2.50 bits per heavy atom. The van der Waals surface area contributed by atoms with Crippen molar-refractivity contribution >= 4 is 5.69 Å². The first-order valence-electron chi connectivity index (χ1n) is 7.78. The largest absolute Gasteiger partial charge is 0.496 e. The van der Waals surface area contributed by atoms with Crippen LogP contribution in [0.15, 0.2) is 48.5 Å². The first kappa shape index (κ1) is 16.4. The van der Waals surface area contributed by atoms with E-state index in [1.807, 2.05) is 43.3 Å². The summed E-state index contributed by atoms with van der Waals surface area (Å²) < 4.78 is 5.37. The molecule has 0 heterocycles. The number of anilines is 1. The number of para-hydroxylation sites is 1. The number of rotatable bonds is 7. The summed E-state index contributed by atoms with van der Waals surface area (Å²) in [4.78, 5) is 2.27. The van der Waals surface area contributed by atoms with Gasteiger partial charge in [0.15, 0.2) is 0 Å². The van der Waals surface area contributed by atoms with Gasteiger partial charge in [-0.25, -0.2) is 0 Å². The van der Waals surface area contributed by atoms with Crippen LogP contribution in [0.3, 0.4) is 0 Å². The van der Waals surface area contributed by atoms with E-state index in [0.717, 1.165) is 30.0 Å². The fourth-order valence-corrected chi connectivity index (χ4v) is 2.66. The molecule has 22 heavy (non-hydrogen) atoms. The molecule has 3 nitrogen and oxygen atoms in total. The molecule has 1 unspecified atom stereocenters. The van der Waals surface area contributed by atoms with Crippen LogP contribution in [0.1, 0.15) is 30.6 Å². The summed E-state index contributed by atoms with van der Waals surface area (Å²) in [6.45, 7) is 5.88. The Morgan fingerprint density at radius 2 is 1.86 bits per heavy atom. The molecule has 0 amide bonds. The van der Waals surface area contributed by atoms with Crippen molar-refractivity contribution in [3.63, 3.8) is 0 Å². The van der Waals surface area contributed by atoms with Crippen molar-refractivity contribution in [2.75, 3.05) is 25.1 Å². The van der Waals surface area contributed by atoms with E-state index in [-0.39, 0.29) is 0 Å². The molecule has 0 fully saturated rings. The van der Waals surface area contributed by atoms with E-state index in [9.17, 15) is 5.11 Å². The highest BCUT2D eigenvalue weighted by Crippen LogP contribution is 2.28. The Morgan fingerprint density at radius 1 is 1.14 bits per heavy atom. The predicted molar refractivity (Wildman–Crippen MR) is 91.6 cm³/mol. The van der Waals surface area contributed by atoms with Gasteiger partial charge in [-0.15, -0.1) is 0 Å². The number of hydrogen-bond donors (Lipinski definition) is 1. The maximum absolute atomic E-state index is 10.5. The van der Waals surface area contributed by atoms with E-state index in [0.29, 0.717) is 6.42 Å². The first-order chi connectivity index (χ1) is 10.7. The Hall–Kier alpha value is -2.00. The van der Waals surface area contributed by atoms with Gasteiger partial charge in [-0.1, -0.05) is 29.8 Å². The molecule has 3 heteroatoms. The van der Waals surface area contributed by atoms with Crippen LogP contribution in [-0.2, 0) is 0 Å². The Bertz CT molecular complexity index is 583. The molecule has 0 aliphatic rings. The molecular formula is C19H25NO2. The smallest absolute Gasteiger partial charge is 0.124 e. The van der Waals surface area contributed by atoms with Crippen LogP contribution in [-0.4, -0.2) is 25.3 Å². The molecule has 118 valence electrons. The molecule has 1 atom stereocenters. The number of benzene rings is 2. The van der Waals surface area contributed by atoms with Gasteiger partial charge in [0.25, 0.3) is 0 Å². The van der Waals surface area contributed by atoms with Gasteiger partial charge < -0.3 is 14.7 Å². The monoisotopic (exact) mass is 299 g/mol. The number of nitrogens with zero attached hydrogens (tertiary/aromatic N) is 1. The summed E-state index contributed by atoms with van der Waals surface area (Å²) in [5.74, 6) is 0.751. The second-order valence-electron chi connectivity index (χ2n) is 5.47. The molecular weight excluding hydrogens is 274 g/mol. The highest BCUT2D eigenvalue weighted by atomic mass is 16.5. The lowest BCUT2D eigenvalue weighted by Gasteiger charge is -2.25. The summed E-state index contributed by atoms with van der Waals surface area (Å²) in [6.07, 6.45) is 0.148. The molecule has 0 saturated carbocycles. The van der Waals surface area contributed by atoms with Crippen molar-refractivity contribution in [2.45, 2.75) is 26.4 Å². The third kappa shape index (κ3) is 4.01. The molecule has 2 aromatic rings. The van der Waals surface area contributed by atoms with E-state index in [2.05, 4.69) is 24.0 Å². The van der Waals surface area contributed by atoms with Gasteiger partial charge in [0, 0.05) is 24.3 Å². The number of aryl methyl sites for hydroxylation is 1. The molecule has 0 spiro atoms. The lowest BCUT2D eigenvalue weighted by atomic mass is 10.0. The average molecular weight is 299 g/mol. The van der Waals surface area contributed by atoms with Crippen molar-refractivity contribution in [1.29, 1.82) is 0 Å². The zero-order chi connectivity index (χ0) is 15.9. The zero-order valence-corrected chi connectivity index (χ0v) is 13.6. The van der Waals surface area contributed by atoms with Crippen molar-refractivity contribution in [3.8, 4) is 5.75 Å². The lowest BCUT2D eigenvalue weighted by Crippen LogP contribution is -2.25. The van der Waals surface area contributed by atoms with E-state index in [1.165, 1.54) is 5.69 Å². The third-order valence-corrected chi connectivity index (χ3v) is 3.92. The highest BCUT2D eigenvalue weighted by Gasteiger charge is 2.15. The summed E-state index contributed by atoms with van der Waals surface area (Å²) in [6, 6.07) is 16.2. The normalized spacial score (nSPS) is 12.0. The van der Waals surface area contributed by atoms with Gasteiger partial charge in [0.2, 0.25) is 0 Å². The highest BCUT2D eigenvalue weighted by molar-refractivity contribution is 5.46. The van der Waals surface area contributed by atoms with Crippen LogP contribution in [0.5, 0.6) is 5.75 Å². The van der Waals surface area contributed by atoms with E-state index < -0.39 is 6.10 Å². The molecule has 0 aliphatic heterocycles. The van der Waals surface area contributed by atoms with E-state index >= 15 is 0 Å². The molecule has 2 rings (SSSR count). The topological polar surface area (TPSA) is 32.7 Å². The molecule has 0 aromatic heterocycles. The number of aliphatic hydroxyl groups excluding tert-OH is 1. The molecule has 0 radical (unpaired) electrons. The summed E-state index contributed by atoms with van der Waals surface area (Å²) in [7, 11) is 1.64. The quantitative estimate of drug-likeness (QED) is 0.840. The molecule has 0 aliphatic carbocycles. The van der Waals surface area contributed by atoms with Crippen molar-refractivity contribution in [3.05, 3.63) is 59.7 Å². The van der Waals surface area contributed by atoms with Crippen LogP contribution in [0, 0.1) is 6.92 Å². The van der Waals surface area contributed by atoms with E-state index in [4.69, 9.17) is 4.74 Å². The standard InChI is InChI=1S/C19H25NO2/c1-4-20(16-8-6-5-7-9-16)13-12-18(21)17-14-15(2)10-11-19(17)22-3/h5-11,14,18,21H,4,12-13H2,1-3H3. The maximum atomic E-state index is 10.5. The van der Waals surface area contributed by atoms with Crippen LogP contribution < -0.4 is 9.64 Å². The molecule has 0 bridgehead atoms. The number of methoxy groups -OCH3 is 1. The van der Waals surface area contributed by atoms with Crippen LogP contribution in [0.25, 0.3) is 0 Å². The van der Waals surface area contributed by atoms with Gasteiger partial charge >= 0.3 is 0 Å². The second kappa shape index (κ2) is 7.85. The van der Waals surface area contributed by atoms with Gasteiger partial charge in [-0.3, -0.25) is 0 Å². The molecule has 1 N–H and O–H groups in total. The lowest BCUT2D eigenvalue weighted by molar-refractivity contribution is 0.165. The zero-order valence-electron chi connectivity index (χ0n) is 13.6. The van der Waals surface area contributed by atoms with Crippen LogP contribution in [0.4, 0.5) is 5.69 Å². The fourth-order valence-electron chi connectivity index (χ4n) is 2.66. The van der Waals surface area contributed by atoms with E-state index in [1.54, 1.807) is 7.11 Å². The number of aliphatic hydroxyl groups is 1. The molecule has 0 saturated heterocycles. The minimum Gasteiger partial charge on any atom is -0.496 e. The summed E-state index contributed by atoms with van der Waals surface area (Å²) in [5, 5.41) is 10.5. The van der Waals surface area contributed by atoms with Crippen LogP contribution >= 0.6 is 0 Å². The number of hydrogen-bond acceptors (Lipinski definition) is 3.